The molecule has 1 aromatic rings. The molecule has 2 aliphatic rings. The van der Waals surface area contributed by atoms with Gasteiger partial charge in [0.2, 0.25) is 5.91 Å². The summed E-state index contributed by atoms with van der Waals surface area (Å²) in [6.07, 6.45) is 7.98. The molecular formula is C20H33Cl2N3O. The van der Waals surface area contributed by atoms with E-state index < -0.39 is 0 Å². The minimum atomic E-state index is 0. The molecule has 0 bridgehead atoms. The molecule has 1 aromatic carbocycles. The smallest absolute Gasteiger partial charge is 0.234 e. The Balaban J connectivity index is 0.00000169. The van der Waals surface area contributed by atoms with Crippen LogP contribution < -0.4 is 10.6 Å². The van der Waals surface area contributed by atoms with Gasteiger partial charge in [-0.15, -0.1) is 24.8 Å². The third kappa shape index (κ3) is 8.26. The summed E-state index contributed by atoms with van der Waals surface area (Å²) >= 11 is 0. The highest BCUT2D eigenvalue weighted by molar-refractivity contribution is 5.85. The van der Waals surface area contributed by atoms with Crippen LogP contribution in [-0.2, 0) is 17.9 Å². The quantitative estimate of drug-likeness (QED) is 0.699. The number of benzene rings is 1. The van der Waals surface area contributed by atoms with Crippen molar-refractivity contribution in [2.75, 3.05) is 26.2 Å². The molecule has 0 spiro atoms. The predicted molar refractivity (Wildman–Crippen MR) is 112 cm³/mol. The van der Waals surface area contributed by atoms with Gasteiger partial charge in [0, 0.05) is 13.1 Å². The summed E-state index contributed by atoms with van der Waals surface area (Å²) in [6.45, 7) is 5.46. The summed E-state index contributed by atoms with van der Waals surface area (Å²) < 4.78 is 0. The highest BCUT2D eigenvalue weighted by atomic mass is 35.5. The first-order chi connectivity index (χ1) is 11.8. The van der Waals surface area contributed by atoms with Crippen LogP contribution in [-0.4, -0.2) is 37.0 Å². The van der Waals surface area contributed by atoms with Crippen LogP contribution in [0, 0.1) is 5.92 Å². The van der Waals surface area contributed by atoms with Gasteiger partial charge < -0.3 is 10.6 Å². The van der Waals surface area contributed by atoms with Crippen LogP contribution in [0.3, 0.4) is 0 Å². The molecule has 1 amide bonds. The Morgan fingerprint density at radius 2 is 1.65 bits per heavy atom. The van der Waals surface area contributed by atoms with Gasteiger partial charge in [0.05, 0.1) is 6.54 Å². The molecule has 0 aromatic heterocycles. The van der Waals surface area contributed by atoms with Gasteiger partial charge in [-0.25, -0.2) is 0 Å². The predicted octanol–water partition coefficient (Wildman–Crippen LogP) is 3.52. The molecule has 6 heteroatoms. The van der Waals surface area contributed by atoms with Gasteiger partial charge in [0.25, 0.3) is 0 Å². The van der Waals surface area contributed by atoms with Gasteiger partial charge in [0.1, 0.15) is 0 Å². The molecule has 1 aliphatic carbocycles. The fourth-order valence-electron chi connectivity index (χ4n) is 3.39. The lowest BCUT2D eigenvalue weighted by atomic mass is 10.1. The summed E-state index contributed by atoms with van der Waals surface area (Å²) in [4.78, 5) is 14.5. The van der Waals surface area contributed by atoms with Crippen LogP contribution in [0.4, 0.5) is 0 Å². The average molecular weight is 402 g/mol. The van der Waals surface area contributed by atoms with E-state index in [4.69, 9.17) is 0 Å². The molecular weight excluding hydrogens is 369 g/mol. The second kappa shape index (κ2) is 12.6. The van der Waals surface area contributed by atoms with Crippen molar-refractivity contribution >= 4 is 30.7 Å². The SMILES string of the molecule is Cl.Cl.O=C(CNCC1CC1)NCc1ccccc1CN1CCCCCC1. The fourth-order valence-corrected chi connectivity index (χ4v) is 3.39. The topological polar surface area (TPSA) is 44.4 Å². The molecule has 1 saturated carbocycles. The second-order valence-corrected chi connectivity index (χ2v) is 7.31. The van der Waals surface area contributed by atoms with Crippen molar-refractivity contribution in [1.29, 1.82) is 0 Å². The van der Waals surface area contributed by atoms with Crippen LogP contribution in [0.15, 0.2) is 24.3 Å². The maximum absolute atomic E-state index is 12.0. The largest absolute Gasteiger partial charge is 0.351 e. The minimum absolute atomic E-state index is 0. The molecule has 2 N–H and O–H groups in total. The third-order valence-electron chi connectivity index (χ3n) is 5.10. The minimum Gasteiger partial charge on any atom is -0.351 e. The van der Waals surface area contributed by atoms with Crippen molar-refractivity contribution in [1.82, 2.24) is 15.5 Å². The molecule has 0 unspecified atom stereocenters. The summed E-state index contributed by atoms with van der Waals surface area (Å²) in [5.74, 6) is 0.910. The van der Waals surface area contributed by atoms with Gasteiger partial charge >= 0.3 is 0 Å². The summed E-state index contributed by atoms with van der Waals surface area (Å²) in [7, 11) is 0. The van der Waals surface area contributed by atoms with Gasteiger partial charge in [-0.05, 0) is 62.4 Å². The zero-order chi connectivity index (χ0) is 16.6. The maximum Gasteiger partial charge on any atom is 0.234 e. The number of likely N-dealkylation sites (tertiary alicyclic amines) is 1. The van der Waals surface area contributed by atoms with E-state index in [1.165, 1.54) is 62.7 Å². The Hall–Kier alpha value is -0.810. The molecule has 26 heavy (non-hydrogen) atoms. The molecule has 1 saturated heterocycles. The normalized spacial score (nSPS) is 17.5. The first kappa shape index (κ1) is 23.2. The van der Waals surface area contributed by atoms with E-state index in [1.54, 1.807) is 0 Å². The lowest BCUT2D eigenvalue weighted by Crippen LogP contribution is -2.34. The van der Waals surface area contributed by atoms with Crippen LogP contribution >= 0.6 is 24.8 Å². The van der Waals surface area contributed by atoms with E-state index >= 15 is 0 Å². The van der Waals surface area contributed by atoms with Crippen LogP contribution in [0.2, 0.25) is 0 Å². The number of halogens is 2. The van der Waals surface area contributed by atoms with E-state index in [9.17, 15) is 4.79 Å². The molecule has 4 nitrogen and oxygen atoms in total. The molecule has 148 valence electrons. The summed E-state index contributed by atoms with van der Waals surface area (Å²) in [5, 5.41) is 6.31. The van der Waals surface area contributed by atoms with Crippen molar-refractivity contribution in [3.63, 3.8) is 0 Å². The van der Waals surface area contributed by atoms with Crippen LogP contribution in [0.1, 0.15) is 49.7 Å². The average Bonchev–Trinajstić information content (AvgIpc) is 3.42. The summed E-state index contributed by atoms with van der Waals surface area (Å²) in [5.41, 5.74) is 2.60. The third-order valence-corrected chi connectivity index (χ3v) is 5.10. The summed E-state index contributed by atoms with van der Waals surface area (Å²) in [6, 6.07) is 8.53. The number of hydrogen-bond donors (Lipinski definition) is 2. The number of hydrogen-bond acceptors (Lipinski definition) is 3. The molecule has 0 atom stereocenters. The monoisotopic (exact) mass is 401 g/mol. The first-order valence-electron chi connectivity index (χ1n) is 9.58. The van der Waals surface area contributed by atoms with Gasteiger partial charge in [-0.2, -0.15) is 0 Å². The Kier molecular flexibility index (Phi) is 11.2. The number of carbonyl (C=O) groups is 1. The van der Waals surface area contributed by atoms with E-state index in [0.717, 1.165) is 19.0 Å². The van der Waals surface area contributed by atoms with Crippen molar-refractivity contribution in [3.8, 4) is 0 Å². The Labute approximate surface area is 170 Å². The number of nitrogens with one attached hydrogen (secondary N) is 2. The van der Waals surface area contributed by atoms with Crippen molar-refractivity contribution in [2.24, 2.45) is 5.92 Å². The second-order valence-electron chi connectivity index (χ2n) is 7.31. The molecule has 2 fully saturated rings. The molecule has 1 aliphatic heterocycles. The lowest BCUT2D eigenvalue weighted by molar-refractivity contribution is -0.120. The standard InChI is InChI=1S/C20H31N3O.2ClH/c24-20(15-21-13-17-9-10-17)22-14-18-7-3-4-8-19(18)16-23-11-5-1-2-6-12-23;;/h3-4,7-8,17,21H,1-2,5-6,9-16H2,(H,22,24);2*1H. The van der Waals surface area contributed by atoms with Gasteiger partial charge in [-0.1, -0.05) is 37.1 Å². The van der Waals surface area contributed by atoms with E-state index in [0.29, 0.717) is 13.1 Å². The van der Waals surface area contributed by atoms with Crippen molar-refractivity contribution < 1.29 is 4.79 Å². The van der Waals surface area contributed by atoms with E-state index in [1.807, 2.05) is 0 Å². The molecule has 3 rings (SSSR count). The Morgan fingerprint density at radius 1 is 1.00 bits per heavy atom. The van der Waals surface area contributed by atoms with E-state index in [2.05, 4.69) is 39.8 Å². The number of amides is 1. The zero-order valence-electron chi connectivity index (χ0n) is 15.5. The highest BCUT2D eigenvalue weighted by Gasteiger charge is 2.20. The number of carbonyl (C=O) groups excluding carboxylic acids is 1. The lowest BCUT2D eigenvalue weighted by Gasteiger charge is -2.21. The fraction of sp³-hybridized carbons (Fsp3) is 0.650. The maximum atomic E-state index is 12.0. The van der Waals surface area contributed by atoms with Crippen LogP contribution in [0.5, 0.6) is 0 Å². The van der Waals surface area contributed by atoms with Crippen molar-refractivity contribution in [2.45, 2.75) is 51.6 Å². The Bertz CT molecular complexity index is 530. The highest BCUT2D eigenvalue weighted by Crippen LogP contribution is 2.27. The number of rotatable bonds is 8. The van der Waals surface area contributed by atoms with Gasteiger partial charge in [0.15, 0.2) is 0 Å². The molecule has 1 heterocycles. The first-order valence-corrected chi connectivity index (χ1v) is 9.58. The Morgan fingerprint density at radius 3 is 2.31 bits per heavy atom. The van der Waals surface area contributed by atoms with Gasteiger partial charge in [-0.3, -0.25) is 9.69 Å². The number of nitrogens with zero attached hydrogens (tertiary/aromatic N) is 1. The van der Waals surface area contributed by atoms with Crippen molar-refractivity contribution in [3.05, 3.63) is 35.4 Å². The van der Waals surface area contributed by atoms with Crippen LogP contribution in [0.25, 0.3) is 0 Å². The molecule has 0 radical (unpaired) electrons. The zero-order valence-corrected chi connectivity index (χ0v) is 17.2. The van der Waals surface area contributed by atoms with E-state index in [-0.39, 0.29) is 30.7 Å².